The third-order valence-electron chi connectivity index (χ3n) is 2.24. The maximum atomic E-state index is 12.3. The lowest BCUT2D eigenvalue weighted by atomic mass is 10.1. The van der Waals surface area contributed by atoms with Gasteiger partial charge in [0.2, 0.25) is 0 Å². The molecule has 98 valence electrons. The number of carbonyl (C=O) groups excluding carboxylic acids is 1. The zero-order chi connectivity index (χ0) is 13.6. The summed E-state index contributed by atoms with van der Waals surface area (Å²) in [5.74, 6) is 0. The van der Waals surface area contributed by atoms with Crippen LogP contribution in [0.4, 0.5) is 0 Å². The summed E-state index contributed by atoms with van der Waals surface area (Å²) in [6, 6.07) is 6.62. The van der Waals surface area contributed by atoms with Gasteiger partial charge in [0.1, 0.15) is 0 Å². The smallest absolute Gasteiger partial charge is 0.303 e. The van der Waals surface area contributed by atoms with Crippen molar-refractivity contribution < 1.29 is 18.4 Å². The second kappa shape index (κ2) is 6.64. The molecule has 4 nitrogen and oxygen atoms in total. The van der Waals surface area contributed by atoms with E-state index < -0.39 is 13.1 Å². The van der Waals surface area contributed by atoms with Gasteiger partial charge in [-0.1, -0.05) is 36.9 Å². The van der Waals surface area contributed by atoms with Crippen LogP contribution in [0, 0.1) is 0 Å². The molecule has 0 aliphatic rings. The van der Waals surface area contributed by atoms with Crippen LogP contribution in [0.5, 0.6) is 0 Å². The topological polar surface area (TPSA) is 52.6 Å². The fourth-order valence-electron chi connectivity index (χ4n) is 1.41. The lowest BCUT2D eigenvalue weighted by molar-refractivity contribution is 0.100. The van der Waals surface area contributed by atoms with Crippen LogP contribution < -0.4 is 0 Å². The Bertz CT molecular complexity index is 454. The molecule has 0 saturated carbocycles. The van der Waals surface area contributed by atoms with Gasteiger partial charge in [-0.15, -0.1) is 0 Å². The molecule has 1 aromatic carbocycles. The van der Waals surface area contributed by atoms with Gasteiger partial charge in [-0.25, -0.2) is 0 Å². The number of carbonyl (C=O) groups is 1. The summed E-state index contributed by atoms with van der Waals surface area (Å²) in [6.07, 6.45) is 1.67. The monoisotopic (exact) mass is 268 g/mol. The standard InChI is InChI=1S/C13H17O4P/c1-4-11-7-9-12(10-8-11)13(14)18(15,16-5-2)17-6-3/h4,7-10H,1,5-6H2,2-3H3. The normalized spacial score (nSPS) is 11.2. The van der Waals surface area contributed by atoms with Gasteiger partial charge in [0.05, 0.1) is 13.2 Å². The highest BCUT2D eigenvalue weighted by molar-refractivity contribution is 7.72. The molecule has 0 radical (unpaired) electrons. The lowest BCUT2D eigenvalue weighted by Crippen LogP contribution is -2.07. The predicted octanol–water partition coefficient (Wildman–Crippen LogP) is 3.74. The van der Waals surface area contributed by atoms with Gasteiger partial charge in [0.25, 0.3) is 5.52 Å². The summed E-state index contributed by atoms with van der Waals surface area (Å²) in [7, 11) is -3.72. The first-order chi connectivity index (χ1) is 8.57. The Morgan fingerprint density at radius 3 is 2.11 bits per heavy atom. The van der Waals surface area contributed by atoms with Gasteiger partial charge < -0.3 is 9.05 Å². The summed E-state index contributed by atoms with van der Waals surface area (Å²) >= 11 is 0. The van der Waals surface area contributed by atoms with E-state index in [1.165, 1.54) is 0 Å². The molecule has 0 spiro atoms. The molecule has 0 amide bonds. The Kier molecular flexibility index (Phi) is 5.48. The van der Waals surface area contributed by atoms with Crippen molar-refractivity contribution in [3.63, 3.8) is 0 Å². The number of rotatable bonds is 7. The molecule has 0 aromatic heterocycles. The van der Waals surface area contributed by atoms with Crippen LogP contribution in [0.1, 0.15) is 29.8 Å². The van der Waals surface area contributed by atoms with Crippen molar-refractivity contribution in [2.75, 3.05) is 13.2 Å². The van der Waals surface area contributed by atoms with Crippen LogP contribution >= 0.6 is 7.60 Å². The first kappa shape index (κ1) is 14.8. The molecular formula is C13H17O4P. The van der Waals surface area contributed by atoms with Gasteiger partial charge >= 0.3 is 7.60 Å². The minimum absolute atomic E-state index is 0.160. The molecule has 0 unspecified atom stereocenters. The maximum Gasteiger partial charge on any atom is 0.401 e. The van der Waals surface area contributed by atoms with E-state index in [-0.39, 0.29) is 13.2 Å². The first-order valence-corrected chi connectivity index (χ1v) is 7.28. The van der Waals surface area contributed by atoms with E-state index in [9.17, 15) is 9.36 Å². The van der Waals surface area contributed by atoms with E-state index in [0.717, 1.165) is 5.56 Å². The first-order valence-electron chi connectivity index (χ1n) is 5.74. The molecule has 18 heavy (non-hydrogen) atoms. The van der Waals surface area contributed by atoms with Crippen LogP contribution in [0.2, 0.25) is 0 Å². The van der Waals surface area contributed by atoms with Crippen molar-refractivity contribution in [1.82, 2.24) is 0 Å². The Morgan fingerprint density at radius 2 is 1.72 bits per heavy atom. The third-order valence-corrected chi connectivity index (χ3v) is 4.19. The second-order valence-electron chi connectivity index (χ2n) is 3.46. The molecule has 0 atom stereocenters. The van der Waals surface area contributed by atoms with E-state index in [1.54, 1.807) is 44.2 Å². The fraction of sp³-hybridized carbons (Fsp3) is 0.308. The highest BCUT2D eigenvalue weighted by Gasteiger charge is 2.34. The fourth-order valence-corrected chi connectivity index (χ4v) is 2.87. The zero-order valence-electron chi connectivity index (χ0n) is 10.6. The van der Waals surface area contributed by atoms with Crippen LogP contribution in [0.25, 0.3) is 6.08 Å². The highest BCUT2D eigenvalue weighted by Crippen LogP contribution is 2.50. The SMILES string of the molecule is C=Cc1ccc(C(=O)P(=O)(OCC)OCC)cc1. The van der Waals surface area contributed by atoms with E-state index >= 15 is 0 Å². The summed E-state index contributed by atoms with van der Waals surface area (Å²) in [6.45, 7) is 7.28. The minimum Gasteiger partial charge on any atom is -0.303 e. The average molecular weight is 268 g/mol. The predicted molar refractivity (Wildman–Crippen MR) is 71.7 cm³/mol. The van der Waals surface area contributed by atoms with Crippen molar-refractivity contribution in [3.05, 3.63) is 42.0 Å². The molecule has 0 aliphatic carbocycles. The van der Waals surface area contributed by atoms with Crippen LogP contribution in [-0.4, -0.2) is 18.7 Å². The van der Waals surface area contributed by atoms with Crippen LogP contribution in [-0.2, 0) is 13.6 Å². The summed E-state index contributed by atoms with van der Waals surface area (Å²) in [5.41, 5.74) is 0.585. The van der Waals surface area contributed by atoms with Crippen molar-refractivity contribution in [2.45, 2.75) is 13.8 Å². The zero-order valence-corrected chi connectivity index (χ0v) is 11.5. The Labute approximate surface area is 107 Å². The molecule has 0 heterocycles. The second-order valence-corrected chi connectivity index (χ2v) is 5.38. The number of benzene rings is 1. The molecule has 0 aliphatic heterocycles. The van der Waals surface area contributed by atoms with Crippen molar-refractivity contribution in [1.29, 1.82) is 0 Å². The van der Waals surface area contributed by atoms with E-state index in [4.69, 9.17) is 9.05 Å². The van der Waals surface area contributed by atoms with Gasteiger partial charge in [0.15, 0.2) is 0 Å². The molecule has 0 N–H and O–H groups in total. The Balaban J connectivity index is 3.01. The minimum atomic E-state index is -3.72. The van der Waals surface area contributed by atoms with Crippen molar-refractivity contribution in [3.8, 4) is 0 Å². The largest absolute Gasteiger partial charge is 0.401 e. The van der Waals surface area contributed by atoms with Crippen molar-refractivity contribution >= 4 is 19.2 Å². The average Bonchev–Trinajstić information content (AvgIpc) is 2.38. The van der Waals surface area contributed by atoms with E-state index in [0.29, 0.717) is 5.56 Å². The molecule has 5 heteroatoms. The van der Waals surface area contributed by atoms with Gasteiger partial charge in [-0.2, -0.15) is 0 Å². The molecule has 1 rings (SSSR count). The van der Waals surface area contributed by atoms with E-state index in [1.807, 2.05) is 0 Å². The maximum absolute atomic E-state index is 12.3. The highest BCUT2D eigenvalue weighted by atomic mass is 31.2. The molecule has 0 saturated heterocycles. The van der Waals surface area contributed by atoms with Crippen molar-refractivity contribution in [2.24, 2.45) is 0 Å². The Hall–Kier alpha value is -1.22. The molecule has 0 fully saturated rings. The quantitative estimate of drug-likeness (QED) is 0.707. The lowest BCUT2D eigenvalue weighted by Gasteiger charge is -2.15. The third kappa shape index (κ3) is 3.39. The van der Waals surface area contributed by atoms with Gasteiger partial charge in [-0.05, 0) is 19.4 Å². The number of hydrogen-bond acceptors (Lipinski definition) is 4. The number of hydrogen-bond donors (Lipinski definition) is 0. The molecular weight excluding hydrogens is 251 g/mol. The molecule has 0 bridgehead atoms. The summed E-state index contributed by atoms with van der Waals surface area (Å²) < 4.78 is 22.3. The van der Waals surface area contributed by atoms with Gasteiger partial charge in [-0.3, -0.25) is 9.36 Å². The Morgan fingerprint density at radius 1 is 1.22 bits per heavy atom. The van der Waals surface area contributed by atoms with E-state index in [2.05, 4.69) is 6.58 Å². The van der Waals surface area contributed by atoms with Crippen LogP contribution in [0.15, 0.2) is 30.8 Å². The molecule has 1 aromatic rings. The van der Waals surface area contributed by atoms with Crippen LogP contribution in [0.3, 0.4) is 0 Å². The van der Waals surface area contributed by atoms with Gasteiger partial charge in [0, 0.05) is 5.56 Å². The summed E-state index contributed by atoms with van der Waals surface area (Å²) in [5, 5.41) is 0. The summed E-state index contributed by atoms with van der Waals surface area (Å²) in [4.78, 5) is 12.1.